The van der Waals surface area contributed by atoms with Crippen molar-refractivity contribution in [2.45, 2.75) is 26.4 Å². The number of furan rings is 1. The highest BCUT2D eigenvalue weighted by atomic mass is 16.5. The summed E-state index contributed by atoms with van der Waals surface area (Å²) >= 11 is 0. The standard InChI is InChI=1S/C12H18O5/c1-2-3-4-15-5-6-16-9-11-7-10(8-17-11)12(13)14/h7-8H,2-6,9H2,1H3,(H,13,14). The Morgan fingerprint density at radius 1 is 1.35 bits per heavy atom. The van der Waals surface area contributed by atoms with E-state index in [4.69, 9.17) is 19.0 Å². The smallest absolute Gasteiger partial charge is 0.338 e. The second kappa shape index (κ2) is 7.86. The molecule has 0 aromatic carbocycles. The molecule has 0 aliphatic carbocycles. The van der Waals surface area contributed by atoms with Crippen molar-refractivity contribution in [2.24, 2.45) is 0 Å². The fourth-order valence-corrected chi connectivity index (χ4v) is 1.21. The third-order valence-corrected chi connectivity index (χ3v) is 2.16. The molecule has 1 aromatic heterocycles. The molecule has 0 spiro atoms. The van der Waals surface area contributed by atoms with Gasteiger partial charge in [0.05, 0.1) is 18.8 Å². The van der Waals surface area contributed by atoms with E-state index in [0.29, 0.717) is 19.0 Å². The predicted molar refractivity (Wildman–Crippen MR) is 61.1 cm³/mol. The van der Waals surface area contributed by atoms with Crippen LogP contribution in [0.4, 0.5) is 0 Å². The lowest BCUT2D eigenvalue weighted by atomic mass is 10.3. The number of unbranched alkanes of at least 4 members (excludes halogenated alkanes) is 1. The molecule has 0 amide bonds. The van der Waals surface area contributed by atoms with E-state index >= 15 is 0 Å². The Kier molecular flexibility index (Phi) is 6.35. The zero-order valence-corrected chi connectivity index (χ0v) is 9.98. The minimum absolute atomic E-state index is 0.141. The summed E-state index contributed by atoms with van der Waals surface area (Å²) in [5.74, 6) is -0.487. The van der Waals surface area contributed by atoms with Gasteiger partial charge in [-0.15, -0.1) is 0 Å². The third kappa shape index (κ3) is 5.51. The maximum absolute atomic E-state index is 10.6. The Morgan fingerprint density at radius 2 is 2.12 bits per heavy atom. The summed E-state index contributed by atoms with van der Waals surface area (Å²) in [7, 11) is 0. The predicted octanol–water partition coefficient (Wildman–Crippen LogP) is 2.31. The number of rotatable bonds is 9. The Hall–Kier alpha value is -1.33. The minimum Gasteiger partial charge on any atom is -0.478 e. The van der Waals surface area contributed by atoms with Crippen molar-refractivity contribution in [2.75, 3.05) is 19.8 Å². The number of carboxylic acids is 1. The second-order valence-corrected chi connectivity index (χ2v) is 3.63. The monoisotopic (exact) mass is 242 g/mol. The van der Waals surface area contributed by atoms with Gasteiger partial charge in [0.15, 0.2) is 0 Å². The summed E-state index contributed by atoms with van der Waals surface area (Å²) in [4.78, 5) is 10.6. The van der Waals surface area contributed by atoms with Crippen molar-refractivity contribution in [3.05, 3.63) is 23.7 Å². The first-order valence-corrected chi connectivity index (χ1v) is 5.70. The van der Waals surface area contributed by atoms with Crippen LogP contribution in [0.1, 0.15) is 35.9 Å². The lowest BCUT2D eigenvalue weighted by Gasteiger charge is -2.03. The lowest BCUT2D eigenvalue weighted by Crippen LogP contribution is -2.05. The van der Waals surface area contributed by atoms with Crippen molar-refractivity contribution < 1.29 is 23.8 Å². The van der Waals surface area contributed by atoms with Crippen molar-refractivity contribution in [3.63, 3.8) is 0 Å². The highest BCUT2D eigenvalue weighted by molar-refractivity contribution is 5.87. The molecule has 1 heterocycles. The van der Waals surface area contributed by atoms with Gasteiger partial charge in [-0.05, 0) is 12.5 Å². The van der Waals surface area contributed by atoms with Gasteiger partial charge in [0.25, 0.3) is 0 Å². The molecule has 0 unspecified atom stereocenters. The molecule has 96 valence electrons. The van der Waals surface area contributed by atoms with Gasteiger partial charge in [-0.1, -0.05) is 13.3 Å². The van der Waals surface area contributed by atoms with Crippen LogP contribution in [0, 0.1) is 0 Å². The van der Waals surface area contributed by atoms with Crippen LogP contribution in [0.25, 0.3) is 0 Å². The van der Waals surface area contributed by atoms with Crippen LogP contribution >= 0.6 is 0 Å². The molecule has 0 saturated heterocycles. The van der Waals surface area contributed by atoms with Crippen LogP contribution < -0.4 is 0 Å². The molecule has 1 rings (SSSR count). The molecule has 0 saturated carbocycles. The summed E-state index contributed by atoms with van der Waals surface area (Å²) in [6.45, 7) is 4.16. The molecule has 0 radical (unpaired) electrons. The molecule has 0 bridgehead atoms. The van der Waals surface area contributed by atoms with Crippen molar-refractivity contribution >= 4 is 5.97 Å². The van der Waals surface area contributed by atoms with E-state index in [-0.39, 0.29) is 12.2 Å². The number of hydrogen-bond acceptors (Lipinski definition) is 4. The minimum atomic E-state index is -0.997. The largest absolute Gasteiger partial charge is 0.478 e. The highest BCUT2D eigenvalue weighted by Crippen LogP contribution is 2.08. The van der Waals surface area contributed by atoms with Gasteiger partial charge >= 0.3 is 5.97 Å². The fourth-order valence-electron chi connectivity index (χ4n) is 1.21. The summed E-state index contributed by atoms with van der Waals surface area (Å²) in [6, 6.07) is 1.46. The zero-order chi connectivity index (χ0) is 12.5. The van der Waals surface area contributed by atoms with E-state index in [0.717, 1.165) is 19.4 Å². The SMILES string of the molecule is CCCCOCCOCc1cc(C(=O)O)co1. The van der Waals surface area contributed by atoms with Gasteiger partial charge in [0.1, 0.15) is 18.6 Å². The molecule has 1 aromatic rings. The van der Waals surface area contributed by atoms with Crippen LogP contribution in [0.5, 0.6) is 0 Å². The van der Waals surface area contributed by atoms with Gasteiger partial charge in [-0.3, -0.25) is 0 Å². The summed E-state index contributed by atoms with van der Waals surface area (Å²) in [5, 5.41) is 8.67. The van der Waals surface area contributed by atoms with E-state index in [1.807, 2.05) is 0 Å². The Labute approximate surface area is 100 Å². The van der Waals surface area contributed by atoms with Gasteiger partial charge in [-0.2, -0.15) is 0 Å². The average molecular weight is 242 g/mol. The quantitative estimate of drug-likeness (QED) is 0.673. The molecule has 17 heavy (non-hydrogen) atoms. The van der Waals surface area contributed by atoms with Crippen molar-refractivity contribution in [1.29, 1.82) is 0 Å². The average Bonchev–Trinajstić information content (AvgIpc) is 2.77. The Balaban J connectivity index is 2.07. The number of carbonyl (C=O) groups is 1. The number of carboxylic acid groups (broad SMARTS) is 1. The molecular weight excluding hydrogens is 224 g/mol. The first kappa shape index (κ1) is 13.7. The topological polar surface area (TPSA) is 68.9 Å². The van der Waals surface area contributed by atoms with Crippen LogP contribution in [0.2, 0.25) is 0 Å². The van der Waals surface area contributed by atoms with Crippen LogP contribution in [0.15, 0.2) is 16.7 Å². The highest BCUT2D eigenvalue weighted by Gasteiger charge is 2.07. The van der Waals surface area contributed by atoms with Crippen LogP contribution in [-0.2, 0) is 16.1 Å². The maximum Gasteiger partial charge on any atom is 0.338 e. The lowest BCUT2D eigenvalue weighted by molar-refractivity contribution is 0.0339. The van der Waals surface area contributed by atoms with E-state index in [1.165, 1.54) is 12.3 Å². The summed E-state index contributed by atoms with van der Waals surface area (Å²) < 4.78 is 15.6. The number of aromatic carboxylic acids is 1. The van der Waals surface area contributed by atoms with Crippen LogP contribution in [-0.4, -0.2) is 30.9 Å². The third-order valence-electron chi connectivity index (χ3n) is 2.16. The summed E-state index contributed by atoms with van der Waals surface area (Å²) in [5.41, 5.74) is 0.141. The van der Waals surface area contributed by atoms with Gasteiger partial charge in [0, 0.05) is 6.61 Å². The summed E-state index contributed by atoms with van der Waals surface area (Å²) in [6.07, 6.45) is 3.38. The fraction of sp³-hybridized carbons (Fsp3) is 0.583. The Morgan fingerprint density at radius 3 is 2.76 bits per heavy atom. The van der Waals surface area contributed by atoms with Gasteiger partial charge in [0.2, 0.25) is 0 Å². The van der Waals surface area contributed by atoms with E-state index < -0.39 is 5.97 Å². The van der Waals surface area contributed by atoms with Crippen molar-refractivity contribution in [3.8, 4) is 0 Å². The van der Waals surface area contributed by atoms with E-state index in [1.54, 1.807) is 0 Å². The molecule has 5 heteroatoms. The number of hydrogen-bond donors (Lipinski definition) is 1. The molecule has 5 nitrogen and oxygen atoms in total. The molecular formula is C12H18O5. The molecule has 0 atom stereocenters. The first-order chi connectivity index (χ1) is 8.24. The molecule has 0 fully saturated rings. The van der Waals surface area contributed by atoms with Gasteiger partial charge in [-0.25, -0.2) is 4.79 Å². The van der Waals surface area contributed by atoms with Gasteiger partial charge < -0.3 is 19.0 Å². The first-order valence-electron chi connectivity index (χ1n) is 5.70. The normalized spacial score (nSPS) is 10.6. The zero-order valence-electron chi connectivity index (χ0n) is 9.98. The molecule has 0 aliphatic heterocycles. The van der Waals surface area contributed by atoms with Crippen LogP contribution in [0.3, 0.4) is 0 Å². The Bertz CT molecular complexity index is 331. The second-order valence-electron chi connectivity index (χ2n) is 3.63. The van der Waals surface area contributed by atoms with E-state index in [2.05, 4.69) is 6.92 Å². The van der Waals surface area contributed by atoms with Crippen molar-refractivity contribution in [1.82, 2.24) is 0 Å². The molecule has 1 N–H and O–H groups in total. The maximum atomic E-state index is 10.6. The number of ether oxygens (including phenoxy) is 2. The van der Waals surface area contributed by atoms with E-state index in [9.17, 15) is 4.79 Å². The molecule has 0 aliphatic rings.